The Morgan fingerprint density at radius 2 is 1.62 bits per heavy atom. The molecule has 2 aromatic rings. The molecule has 0 heterocycles. The van der Waals surface area contributed by atoms with Crippen LogP contribution < -0.4 is 16.4 Å². The highest BCUT2D eigenvalue weighted by Gasteiger charge is 2.08. The first kappa shape index (κ1) is 17.0. The molecule has 7 heteroatoms. The van der Waals surface area contributed by atoms with Gasteiger partial charge in [-0.25, -0.2) is 4.79 Å². The molecule has 0 aromatic heterocycles. The van der Waals surface area contributed by atoms with Crippen LogP contribution in [0.5, 0.6) is 0 Å². The summed E-state index contributed by atoms with van der Waals surface area (Å²) in [6.07, 6.45) is 0. The van der Waals surface area contributed by atoms with Gasteiger partial charge in [0.05, 0.1) is 12.7 Å². The Morgan fingerprint density at radius 3 is 2.17 bits per heavy atom. The van der Waals surface area contributed by atoms with Crippen LogP contribution in [0.3, 0.4) is 0 Å². The Balaban J connectivity index is 1.99. The van der Waals surface area contributed by atoms with E-state index in [4.69, 9.17) is 11.1 Å². The zero-order valence-electron chi connectivity index (χ0n) is 13.1. The molecule has 0 saturated heterocycles. The first-order valence-electron chi connectivity index (χ1n) is 7.16. The lowest BCUT2D eigenvalue weighted by atomic mass is 10.1. The largest absolute Gasteiger partial charge is 0.465 e. The average Bonchev–Trinajstić information content (AvgIpc) is 2.60. The lowest BCUT2D eigenvalue weighted by molar-refractivity contribution is 0.0600. The maximum Gasteiger partial charge on any atom is 0.337 e. The zero-order valence-corrected chi connectivity index (χ0v) is 13.1. The third-order valence-electron chi connectivity index (χ3n) is 3.26. The molecule has 0 atom stereocenters. The van der Waals surface area contributed by atoms with Crippen LogP contribution in [0, 0.1) is 5.41 Å². The van der Waals surface area contributed by atoms with Gasteiger partial charge in [0, 0.05) is 17.8 Å². The predicted octanol–water partition coefficient (Wildman–Crippen LogP) is 1.71. The molecule has 0 aliphatic rings. The zero-order chi connectivity index (χ0) is 17.5. The molecule has 2 aromatic carbocycles. The van der Waals surface area contributed by atoms with Crippen LogP contribution >= 0.6 is 0 Å². The molecule has 5 N–H and O–H groups in total. The summed E-state index contributed by atoms with van der Waals surface area (Å²) in [4.78, 5) is 23.6. The quantitative estimate of drug-likeness (QED) is 0.379. The number of guanidine groups is 1. The Bertz CT molecular complexity index is 739. The summed E-state index contributed by atoms with van der Waals surface area (Å²) < 4.78 is 4.62. The van der Waals surface area contributed by atoms with Crippen molar-refractivity contribution in [1.82, 2.24) is 5.32 Å². The smallest absolute Gasteiger partial charge is 0.337 e. The minimum absolute atomic E-state index is 0.104. The van der Waals surface area contributed by atoms with Crippen molar-refractivity contribution < 1.29 is 14.3 Å². The van der Waals surface area contributed by atoms with E-state index in [-0.39, 0.29) is 11.9 Å². The Kier molecular flexibility index (Phi) is 5.51. The second-order valence-electron chi connectivity index (χ2n) is 4.99. The van der Waals surface area contributed by atoms with E-state index in [2.05, 4.69) is 15.4 Å². The fourth-order valence-corrected chi connectivity index (χ4v) is 1.98. The number of hydrogen-bond acceptors (Lipinski definition) is 4. The van der Waals surface area contributed by atoms with Crippen LogP contribution in [0.25, 0.3) is 0 Å². The van der Waals surface area contributed by atoms with Gasteiger partial charge >= 0.3 is 5.97 Å². The number of carbonyl (C=O) groups is 2. The highest BCUT2D eigenvalue weighted by atomic mass is 16.5. The molecule has 24 heavy (non-hydrogen) atoms. The molecule has 7 nitrogen and oxygen atoms in total. The highest BCUT2D eigenvalue weighted by Crippen LogP contribution is 2.13. The second kappa shape index (κ2) is 7.77. The van der Waals surface area contributed by atoms with Crippen molar-refractivity contribution >= 4 is 23.5 Å². The van der Waals surface area contributed by atoms with E-state index in [0.29, 0.717) is 23.4 Å². The van der Waals surface area contributed by atoms with E-state index in [9.17, 15) is 9.59 Å². The van der Waals surface area contributed by atoms with E-state index in [1.165, 1.54) is 7.11 Å². The first-order chi connectivity index (χ1) is 11.5. The summed E-state index contributed by atoms with van der Waals surface area (Å²) in [5.41, 5.74) is 7.62. The summed E-state index contributed by atoms with van der Waals surface area (Å²) in [5.74, 6) is -0.790. The lowest BCUT2D eigenvalue weighted by Crippen LogP contribution is -2.29. The van der Waals surface area contributed by atoms with E-state index in [0.717, 1.165) is 5.56 Å². The molecule has 0 radical (unpaired) electrons. The van der Waals surface area contributed by atoms with Crippen molar-refractivity contribution in [2.24, 2.45) is 5.73 Å². The minimum atomic E-state index is -0.428. The summed E-state index contributed by atoms with van der Waals surface area (Å²) in [5, 5.41) is 12.6. The number of anilines is 1. The van der Waals surface area contributed by atoms with Gasteiger partial charge in [-0.1, -0.05) is 12.1 Å². The van der Waals surface area contributed by atoms with Crippen molar-refractivity contribution in [3.8, 4) is 0 Å². The molecule has 0 spiro atoms. The van der Waals surface area contributed by atoms with Crippen LogP contribution in [0.15, 0.2) is 48.5 Å². The molecular weight excluding hydrogens is 308 g/mol. The number of carbonyl (C=O) groups excluding carboxylic acids is 2. The van der Waals surface area contributed by atoms with Gasteiger partial charge in [0.1, 0.15) is 0 Å². The SMILES string of the molecule is COC(=O)c1ccc(NC(=O)c2ccc(CNC(=N)N)cc2)cc1. The number of nitrogens with two attached hydrogens (primary N) is 1. The number of ether oxygens (including phenoxy) is 1. The fourth-order valence-electron chi connectivity index (χ4n) is 1.98. The molecule has 1 amide bonds. The van der Waals surface area contributed by atoms with Crippen molar-refractivity contribution in [1.29, 1.82) is 5.41 Å². The third-order valence-corrected chi connectivity index (χ3v) is 3.26. The molecule has 0 saturated carbocycles. The summed E-state index contributed by atoms with van der Waals surface area (Å²) in [6, 6.07) is 13.4. The lowest BCUT2D eigenvalue weighted by Gasteiger charge is -2.08. The van der Waals surface area contributed by atoms with Gasteiger partial charge < -0.3 is 21.1 Å². The van der Waals surface area contributed by atoms with E-state index >= 15 is 0 Å². The predicted molar refractivity (Wildman–Crippen MR) is 90.9 cm³/mol. The Labute approximate surface area is 139 Å². The van der Waals surface area contributed by atoms with Crippen molar-refractivity contribution in [2.75, 3.05) is 12.4 Å². The average molecular weight is 326 g/mol. The molecule has 0 fully saturated rings. The van der Waals surface area contributed by atoms with Gasteiger partial charge in [0.15, 0.2) is 5.96 Å². The van der Waals surface area contributed by atoms with E-state index in [1.807, 2.05) is 0 Å². The number of amides is 1. The standard InChI is InChI=1S/C17H18N4O3/c1-24-16(23)13-6-8-14(9-7-13)21-15(22)12-4-2-11(3-5-12)10-20-17(18)19/h2-9H,10H2,1H3,(H,21,22)(H4,18,19,20). The molecule has 124 valence electrons. The fraction of sp³-hybridized carbons (Fsp3) is 0.118. The van der Waals surface area contributed by atoms with Crippen LogP contribution in [0.4, 0.5) is 5.69 Å². The van der Waals surface area contributed by atoms with Crippen LogP contribution in [0.1, 0.15) is 26.3 Å². The Hall–Kier alpha value is -3.35. The molecule has 0 unspecified atom stereocenters. The monoisotopic (exact) mass is 326 g/mol. The first-order valence-corrected chi connectivity index (χ1v) is 7.16. The maximum atomic E-state index is 12.2. The van der Waals surface area contributed by atoms with Gasteiger partial charge in [-0.2, -0.15) is 0 Å². The third kappa shape index (κ3) is 4.57. The van der Waals surface area contributed by atoms with Crippen LogP contribution in [0.2, 0.25) is 0 Å². The maximum absolute atomic E-state index is 12.2. The molecule has 0 aliphatic carbocycles. The van der Waals surface area contributed by atoms with Crippen LogP contribution in [-0.2, 0) is 11.3 Å². The van der Waals surface area contributed by atoms with Gasteiger partial charge in [-0.3, -0.25) is 10.2 Å². The summed E-state index contributed by atoms with van der Waals surface area (Å²) in [6.45, 7) is 0.423. The second-order valence-corrected chi connectivity index (χ2v) is 4.99. The number of nitrogens with one attached hydrogen (secondary N) is 3. The topological polar surface area (TPSA) is 117 Å². The van der Waals surface area contributed by atoms with Gasteiger partial charge in [0.2, 0.25) is 0 Å². The number of hydrogen-bond donors (Lipinski definition) is 4. The normalized spacial score (nSPS) is 9.88. The summed E-state index contributed by atoms with van der Waals surface area (Å²) >= 11 is 0. The number of rotatable bonds is 5. The number of esters is 1. The van der Waals surface area contributed by atoms with E-state index in [1.54, 1.807) is 48.5 Å². The van der Waals surface area contributed by atoms with Crippen molar-refractivity contribution in [2.45, 2.75) is 6.54 Å². The van der Waals surface area contributed by atoms with Gasteiger partial charge in [-0.15, -0.1) is 0 Å². The van der Waals surface area contributed by atoms with Gasteiger partial charge in [0.25, 0.3) is 5.91 Å². The number of methoxy groups -OCH3 is 1. The van der Waals surface area contributed by atoms with Crippen molar-refractivity contribution in [3.63, 3.8) is 0 Å². The highest BCUT2D eigenvalue weighted by molar-refractivity contribution is 6.04. The van der Waals surface area contributed by atoms with Gasteiger partial charge in [-0.05, 0) is 42.0 Å². The summed E-state index contributed by atoms with van der Waals surface area (Å²) in [7, 11) is 1.31. The van der Waals surface area contributed by atoms with E-state index < -0.39 is 5.97 Å². The molecular formula is C17H18N4O3. The Morgan fingerprint density at radius 1 is 1.04 bits per heavy atom. The minimum Gasteiger partial charge on any atom is -0.465 e. The van der Waals surface area contributed by atoms with Crippen LogP contribution in [-0.4, -0.2) is 24.9 Å². The number of benzene rings is 2. The van der Waals surface area contributed by atoms with Crippen molar-refractivity contribution in [3.05, 3.63) is 65.2 Å². The molecule has 0 aliphatic heterocycles. The molecule has 2 rings (SSSR count). The molecule has 0 bridgehead atoms.